The molecule has 0 spiro atoms. The van der Waals surface area contributed by atoms with Crippen molar-refractivity contribution in [2.45, 2.75) is 43.5 Å². The van der Waals surface area contributed by atoms with Gasteiger partial charge in [-0.3, -0.25) is 9.69 Å². The quantitative estimate of drug-likeness (QED) is 0.741. The smallest absolute Gasteiger partial charge is 0.242 e. The summed E-state index contributed by atoms with van der Waals surface area (Å²) in [5, 5.41) is 0. The highest BCUT2D eigenvalue weighted by Gasteiger charge is 2.36. The molecule has 0 bridgehead atoms. The van der Waals surface area contributed by atoms with Crippen molar-refractivity contribution in [1.82, 2.24) is 9.62 Å². The molecule has 3 rings (SSSR count). The summed E-state index contributed by atoms with van der Waals surface area (Å²) in [7, 11) is -7.40. The van der Waals surface area contributed by atoms with Crippen LogP contribution in [0.1, 0.15) is 33.1 Å². The van der Waals surface area contributed by atoms with Crippen molar-refractivity contribution >= 4 is 31.6 Å². The Morgan fingerprint density at radius 3 is 2.22 bits per heavy atom. The van der Waals surface area contributed by atoms with Crippen LogP contribution in [-0.4, -0.2) is 58.6 Å². The second-order valence-electron chi connectivity index (χ2n) is 7.55. The van der Waals surface area contributed by atoms with Crippen LogP contribution in [0, 0.1) is 0 Å². The summed E-state index contributed by atoms with van der Waals surface area (Å²) in [6.45, 7) is 6.21. The number of rotatable bonds is 6. The topological polar surface area (TPSA) is 104 Å². The van der Waals surface area contributed by atoms with E-state index in [1.807, 2.05) is 13.8 Å². The molecule has 1 aromatic carbocycles. The minimum Gasteiger partial charge on any atom is -0.297 e. The number of hydrogen-bond donors (Lipinski definition) is 1. The fourth-order valence-corrected chi connectivity index (χ4v) is 6.08. The van der Waals surface area contributed by atoms with Crippen LogP contribution in [0.25, 0.3) is 0 Å². The number of hydrogen-bond acceptors (Lipinski definition) is 6. The molecule has 1 amide bonds. The molecule has 0 radical (unpaired) electrons. The van der Waals surface area contributed by atoms with Gasteiger partial charge in [0.25, 0.3) is 0 Å². The molecule has 1 aromatic rings. The minimum absolute atomic E-state index is 0.0347. The third-order valence-electron chi connectivity index (χ3n) is 5.12. The lowest BCUT2D eigenvalue weighted by atomic mass is 10.0. The van der Waals surface area contributed by atoms with E-state index in [0.29, 0.717) is 0 Å². The molecule has 0 unspecified atom stereocenters. The molecule has 8 nitrogen and oxygen atoms in total. The van der Waals surface area contributed by atoms with Crippen LogP contribution in [0.4, 0.5) is 5.69 Å². The summed E-state index contributed by atoms with van der Waals surface area (Å²) in [6.07, 6.45) is 2.18. The van der Waals surface area contributed by atoms with Gasteiger partial charge in [0.05, 0.1) is 16.3 Å². The van der Waals surface area contributed by atoms with Crippen LogP contribution in [0.3, 0.4) is 0 Å². The highest BCUT2D eigenvalue weighted by atomic mass is 32.2. The van der Waals surface area contributed by atoms with E-state index in [1.165, 1.54) is 24.3 Å². The van der Waals surface area contributed by atoms with E-state index in [0.717, 1.165) is 30.2 Å². The van der Waals surface area contributed by atoms with Crippen molar-refractivity contribution < 1.29 is 21.6 Å². The molecular formula is C17H25N3O5S2. The van der Waals surface area contributed by atoms with Crippen LogP contribution < -0.4 is 9.03 Å². The van der Waals surface area contributed by atoms with E-state index in [-0.39, 0.29) is 34.8 Å². The Balaban J connectivity index is 1.73. The van der Waals surface area contributed by atoms with Crippen molar-refractivity contribution in [3.8, 4) is 0 Å². The van der Waals surface area contributed by atoms with Gasteiger partial charge in [0.1, 0.15) is 0 Å². The first-order valence-electron chi connectivity index (χ1n) is 8.94. The maximum atomic E-state index is 12.6. The van der Waals surface area contributed by atoms with Gasteiger partial charge in [0.15, 0.2) is 0 Å². The van der Waals surface area contributed by atoms with Crippen molar-refractivity contribution in [3.05, 3.63) is 24.3 Å². The number of anilines is 1. The van der Waals surface area contributed by atoms with Gasteiger partial charge >= 0.3 is 0 Å². The molecule has 27 heavy (non-hydrogen) atoms. The van der Waals surface area contributed by atoms with Gasteiger partial charge < -0.3 is 0 Å². The molecule has 1 N–H and O–H groups in total. The lowest BCUT2D eigenvalue weighted by Crippen LogP contribution is -2.50. The Labute approximate surface area is 160 Å². The first kappa shape index (κ1) is 20.2. The summed E-state index contributed by atoms with van der Waals surface area (Å²) in [5.41, 5.74) is -0.131. The van der Waals surface area contributed by atoms with Crippen molar-refractivity contribution in [1.29, 1.82) is 0 Å². The number of sulfonamides is 2. The van der Waals surface area contributed by atoms with Crippen LogP contribution in [0.2, 0.25) is 0 Å². The zero-order chi connectivity index (χ0) is 19.9. The summed E-state index contributed by atoms with van der Waals surface area (Å²) in [5.74, 6) is -0.727. The first-order valence-corrected chi connectivity index (χ1v) is 12.0. The normalized spacial score (nSPS) is 21.1. The Morgan fingerprint density at radius 2 is 1.70 bits per heavy atom. The monoisotopic (exact) mass is 415 g/mol. The Kier molecular flexibility index (Phi) is 5.37. The maximum absolute atomic E-state index is 12.6. The average Bonchev–Trinajstić information content (AvgIpc) is 3.22. The molecule has 0 aromatic heterocycles. The number of nitrogens with zero attached hydrogens (tertiary/aromatic N) is 2. The van der Waals surface area contributed by atoms with E-state index < -0.39 is 26.0 Å². The van der Waals surface area contributed by atoms with E-state index in [4.69, 9.17) is 0 Å². The standard InChI is InChI=1S/C17H25N3O5S2/c1-17(2,19-10-3-4-11-19)13-18-27(24,25)15-7-5-14(6-8-15)20-16(21)9-12-26(20,22)23/h5-8,18H,3-4,9-13H2,1-2H3. The summed E-state index contributed by atoms with van der Waals surface area (Å²) >= 11 is 0. The molecule has 0 saturated carbocycles. The number of amides is 1. The molecule has 0 aliphatic carbocycles. The van der Waals surface area contributed by atoms with Gasteiger partial charge in [-0.2, -0.15) is 0 Å². The Hall–Kier alpha value is -1.49. The van der Waals surface area contributed by atoms with Crippen molar-refractivity contribution in [2.24, 2.45) is 0 Å². The lowest BCUT2D eigenvalue weighted by Gasteiger charge is -2.35. The lowest BCUT2D eigenvalue weighted by molar-refractivity contribution is -0.116. The van der Waals surface area contributed by atoms with Gasteiger partial charge in [-0.15, -0.1) is 0 Å². The van der Waals surface area contributed by atoms with Crippen LogP contribution in [0.5, 0.6) is 0 Å². The predicted octanol–water partition coefficient (Wildman–Crippen LogP) is 0.906. The highest BCUT2D eigenvalue weighted by Crippen LogP contribution is 2.26. The fraction of sp³-hybridized carbons (Fsp3) is 0.588. The Bertz CT molecular complexity index is 918. The molecule has 10 heteroatoms. The molecular weight excluding hydrogens is 390 g/mol. The molecule has 2 saturated heterocycles. The fourth-order valence-electron chi connectivity index (χ4n) is 3.42. The third-order valence-corrected chi connectivity index (χ3v) is 8.22. The summed E-state index contributed by atoms with van der Waals surface area (Å²) in [4.78, 5) is 14.1. The second kappa shape index (κ2) is 7.16. The van der Waals surface area contributed by atoms with Gasteiger partial charge in [-0.1, -0.05) is 0 Å². The van der Waals surface area contributed by atoms with E-state index >= 15 is 0 Å². The van der Waals surface area contributed by atoms with E-state index in [9.17, 15) is 21.6 Å². The molecule has 2 fully saturated rings. The van der Waals surface area contributed by atoms with Gasteiger partial charge in [-0.05, 0) is 64.0 Å². The number of benzene rings is 1. The van der Waals surface area contributed by atoms with Gasteiger partial charge in [-0.25, -0.2) is 25.9 Å². The van der Waals surface area contributed by atoms with Gasteiger partial charge in [0, 0.05) is 18.5 Å². The van der Waals surface area contributed by atoms with Crippen molar-refractivity contribution in [2.75, 3.05) is 29.7 Å². The van der Waals surface area contributed by atoms with E-state index in [2.05, 4.69) is 9.62 Å². The number of likely N-dealkylation sites (tertiary alicyclic amines) is 1. The first-order chi connectivity index (χ1) is 12.5. The zero-order valence-electron chi connectivity index (χ0n) is 15.5. The SMILES string of the molecule is CC(C)(CNS(=O)(=O)c1ccc(N2C(=O)CCS2(=O)=O)cc1)N1CCCC1. The average molecular weight is 416 g/mol. The van der Waals surface area contributed by atoms with Crippen LogP contribution in [-0.2, 0) is 24.8 Å². The summed E-state index contributed by atoms with van der Waals surface area (Å²) < 4.78 is 52.5. The third kappa shape index (κ3) is 4.18. The second-order valence-corrected chi connectivity index (χ2v) is 11.3. The van der Waals surface area contributed by atoms with E-state index in [1.54, 1.807) is 0 Å². The van der Waals surface area contributed by atoms with Crippen LogP contribution in [0.15, 0.2) is 29.2 Å². The molecule has 2 heterocycles. The highest BCUT2D eigenvalue weighted by molar-refractivity contribution is 7.94. The number of carbonyl (C=O) groups excluding carboxylic acids is 1. The summed E-state index contributed by atoms with van der Waals surface area (Å²) in [6, 6.07) is 5.34. The zero-order valence-corrected chi connectivity index (χ0v) is 17.1. The molecule has 2 aliphatic heterocycles. The molecule has 2 aliphatic rings. The Morgan fingerprint density at radius 1 is 1.11 bits per heavy atom. The van der Waals surface area contributed by atoms with Crippen molar-refractivity contribution in [3.63, 3.8) is 0 Å². The minimum atomic E-state index is -3.74. The molecule has 150 valence electrons. The van der Waals surface area contributed by atoms with Crippen LogP contribution >= 0.6 is 0 Å². The number of carbonyl (C=O) groups is 1. The largest absolute Gasteiger partial charge is 0.297 e. The number of nitrogens with one attached hydrogen (secondary N) is 1. The predicted molar refractivity (Wildman–Crippen MR) is 102 cm³/mol. The maximum Gasteiger partial charge on any atom is 0.242 e. The molecule has 0 atom stereocenters. The van der Waals surface area contributed by atoms with Gasteiger partial charge in [0.2, 0.25) is 26.0 Å².